The van der Waals surface area contributed by atoms with E-state index >= 15 is 0 Å². The van der Waals surface area contributed by atoms with Crippen LogP contribution in [0.25, 0.3) is 0 Å². The molecule has 1 atom stereocenters. The average molecular weight is 256 g/mol. The van der Waals surface area contributed by atoms with Crippen molar-refractivity contribution < 1.29 is 17.8 Å². The smallest absolute Gasteiger partial charge is 0.282 e. The second-order valence-electron chi connectivity index (χ2n) is 3.93. The Kier molecular flexibility index (Phi) is 2.80. The second kappa shape index (κ2) is 4.01. The molecule has 0 spiro atoms. The maximum Gasteiger partial charge on any atom is 0.294 e. The largest absolute Gasteiger partial charge is 0.294 e. The summed E-state index contributed by atoms with van der Waals surface area (Å²) in [6.07, 6.45) is 0.403. The summed E-state index contributed by atoms with van der Waals surface area (Å²) in [6, 6.07) is 5.67. The van der Waals surface area contributed by atoms with Crippen LogP contribution in [0.3, 0.4) is 0 Å². The molecule has 7 heteroatoms. The van der Waals surface area contributed by atoms with E-state index in [1.54, 1.807) is 5.01 Å². The van der Waals surface area contributed by atoms with Crippen molar-refractivity contribution in [3.63, 3.8) is 0 Å². The summed E-state index contributed by atoms with van der Waals surface area (Å²) in [5.41, 5.74) is 3.34. The Balaban J connectivity index is 2.27. The van der Waals surface area contributed by atoms with Crippen molar-refractivity contribution in [1.82, 2.24) is 5.43 Å². The van der Waals surface area contributed by atoms with Gasteiger partial charge in [0.05, 0.1) is 23.0 Å². The van der Waals surface area contributed by atoms with Crippen molar-refractivity contribution in [3.8, 4) is 0 Å². The predicted molar refractivity (Wildman–Crippen MR) is 61.0 cm³/mol. The predicted octanol–water partition coefficient (Wildman–Crippen LogP) is 0.563. The molecular weight excluding hydrogens is 244 g/mol. The van der Waals surface area contributed by atoms with E-state index in [1.807, 2.05) is 6.92 Å². The van der Waals surface area contributed by atoms with Crippen molar-refractivity contribution in [2.24, 2.45) is 0 Å². The lowest BCUT2D eigenvalue weighted by Crippen LogP contribution is -2.36. The number of rotatable bonds is 2. The molecule has 2 rings (SSSR count). The van der Waals surface area contributed by atoms with Gasteiger partial charge in [-0.15, -0.1) is 0 Å². The molecule has 17 heavy (non-hydrogen) atoms. The summed E-state index contributed by atoms with van der Waals surface area (Å²) in [4.78, 5) is 11.0. The maximum atomic E-state index is 11.2. The van der Waals surface area contributed by atoms with Gasteiger partial charge in [-0.3, -0.25) is 19.8 Å². The van der Waals surface area contributed by atoms with Gasteiger partial charge in [-0.1, -0.05) is 0 Å². The van der Waals surface area contributed by atoms with E-state index in [1.165, 1.54) is 24.3 Å². The lowest BCUT2D eigenvalue weighted by atomic mass is 10.2. The van der Waals surface area contributed by atoms with Crippen molar-refractivity contribution in [2.75, 3.05) is 5.01 Å². The molecule has 1 aliphatic heterocycles. The fourth-order valence-electron chi connectivity index (χ4n) is 1.75. The van der Waals surface area contributed by atoms with Crippen LogP contribution in [0.5, 0.6) is 0 Å². The molecule has 0 radical (unpaired) electrons. The highest BCUT2D eigenvalue weighted by Crippen LogP contribution is 2.22. The third-order valence-electron chi connectivity index (χ3n) is 2.58. The Morgan fingerprint density at radius 3 is 2.35 bits per heavy atom. The first-order valence-corrected chi connectivity index (χ1v) is 6.48. The van der Waals surface area contributed by atoms with Gasteiger partial charge in [-0.05, 0) is 31.2 Å². The molecule has 1 heterocycles. The van der Waals surface area contributed by atoms with Gasteiger partial charge in [0.2, 0.25) is 5.91 Å². The van der Waals surface area contributed by atoms with Crippen molar-refractivity contribution in [1.29, 1.82) is 0 Å². The molecule has 1 saturated heterocycles. The maximum absolute atomic E-state index is 11.2. The van der Waals surface area contributed by atoms with Crippen LogP contribution >= 0.6 is 0 Å². The number of hydrogen-bond acceptors (Lipinski definition) is 4. The van der Waals surface area contributed by atoms with Gasteiger partial charge in [-0.25, -0.2) is 0 Å². The highest BCUT2D eigenvalue weighted by atomic mass is 32.2. The third-order valence-corrected chi connectivity index (χ3v) is 3.45. The van der Waals surface area contributed by atoms with E-state index in [9.17, 15) is 13.2 Å². The van der Waals surface area contributed by atoms with E-state index in [4.69, 9.17) is 4.55 Å². The molecule has 6 nitrogen and oxygen atoms in total. The minimum Gasteiger partial charge on any atom is -0.282 e. The molecule has 0 aliphatic carbocycles. The molecular formula is C10H12N2O4S. The second-order valence-corrected chi connectivity index (χ2v) is 5.35. The lowest BCUT2D eigenvalue weighted by molar-refractivity contribution is -0.119. The number of amides is 1. The van der Waals surface area contributed by atoms with Crippen LogP contribution in [0.1, 0.15) is 13.3 Å². The first-order chi connectivity index (χ1) is 7.88. The average Bonchev–Trinajstić information content (AvgIpc) is 2.57. The van der Waals surface area contributed by atoms with Crippen LogP contribution in [0, 0.1) is 0 Å². The van der Waals surface area contributed by atoms with Gasteiger partial charge in [0.25, 0.3) is 10.1 Å². The summed E-state index contributed by atoms with van der Waals surface area (Å²) >= 11 is 0. The fraction of sp³-hybridized carbons (Fsp3) is 0.300. The number of hydrazine groups is 1. The Bertz CT molecular complexity index is 538. The van der Waals surface area contributed by atoms with Crippen LogP contribution in [0.4, 0.5) is 5.69 Å². The Labute approximate surface area is 99.0 Å². The van der Waals surface area contributed by atoms with Gasteiger partial charge >= 0.3 is 0 Å². The number of nitrogens with zero attached hydrogens (tertiary/aromatic N) is 1. The zero-order valence-electron chi connectivity index (χ0n) is 9.12. The number of anilines is 1. The zero-order valence-corrected chi connectivity index (χ0v) is 9.94. The van der Waals surface area contributed by atoms with Crippen LogP contribution in [-0.2, 0) is 14.9 Å². The van der Waals surface area contributed by atoms with Crippen LogP contribution in [0.15, 0.2) is 29.2 Å². The lowest BCUT2D eigenvalue weighted by Gasteiger charge is -2.22. The molecule has 0 bridgehead atoms. The van der Waals surface area contributed by atoms with Gasteiger partial charge in [0.15, 0.2) is 0 Å². The Morgan fingerprint density at radius 2 is 1.94 bits per heavy atom. The number of benzene rings is 1. The minimum absolute atomic E-state index is 0.0130. The fourth-order valence-corrected chi connectivity index (χ4v) is 2.23. The standard InChI is InChI=1S/C10H12N2O4S/c1-7-6-10(13)11-12(7)8-2-4-9(5-3-8)17(14,15)16/h2-5,7H,6H2,1H3,(H,11,13)(H,14,15,16). The number of carbonyl (C=O) groups excluding carboxylic acids is 1. The number of nitrogens with one attached hydrogen (secondary N) is 1. The van der Waals surface area contributed by atoms with Crippen LogP contribution in [-0.4, -0.2) is 24.9 Å². The molecule has 92 valence electrons. The summed E-state index contributed by atoms with van der Waals surface area (Å²) < 4.78 is 30.5. The molecule has 1 unspecified atom stereocenters. The van der Waals surface area contributed by atoms with Crippen molar-refractivity contribution >= 4 is 21.7 Å². The highest BCUT2D eigenvalue weighted by Gasteiger charge is 2.26. The topological polar surface area (TPSA) is 86.7 Å². The normalized spacial score (nSPS) is 20.5. The van der Waals surface area contributed by atoms with E-state index in [0.29, 0.717) is 12.1 Å². The summed E-state index contributed by atoms with van der Waals surface area (Å²) in [6.45, 7) is 1.88. The minimum atomic E-state index is -4.17. The molecule has 0 aromatic heterocycles. The van der Waals surface area contributed by atoms with Gasteiger partial charge < -0.3 is 0 Å². The first kappa shape index (κ1) is 11.9. The van der Waals surface area contributed by atoms with Gasteiger partial charge in [0.1, 0.15) is 0 Å². The van der Waals surface area contributed by atoms with Gasteiger partial charge in [0, 0.05) is 0 Å². The first-order valence-electron chi connectivity index (χ1n) is 5.04. The van der Waals surface area contributed by atoms with Crippen molar-refractivity contribution in [2.45, 2.75) is 24.3 Å². The molecule has 1 aliphatic rings. The van der Waals surface area contributed by atoms with E-state index in [2.05, 4.69) is 5.43 Å². The molecule has 1 aromatic carbocycles. The van der Waals surface area contributed by atoms with Crippen molar-refractivity contribution in [3.05, 3.63) is 24.3 Å². The summed E-state index contributed by atoms with van der Waals surface area (Å²) in [7, 11) is -4.17. The summed E-state index contributed by atoms with van der Waals surface area (Å²) in [5.74, 6) is -0.0728. The molecule has 1 aromatic rings. The van der Waals surface area contributed by atoms with Gasteiger partial charge in [-0.2, -0.15) is 8.42 Å². The monoisotopic (exact) mass is 256 g/mol. The summed E-state index contributed by atoms with van der Waals surface area (Å²) in [5, 5.41) is 1.66. The highest BCUT2D eigenvalue weighted by molar-refractivity contribution is 7.85. The van der Waals surface area contributed by atoms with E-state index < -0.39 is 10.1 Å². The Hall–Kier alpha value is -1.60. The number of hydrogen-bond donors (Lipinski definition) is 2. The van der Waals surface area contributed by atoms with E-state index in [0.717, 1.165) is 0 Å². The molecule has 1 amide bonds. The zero-order chi connectivity index (χ0) is 12.6. The quantitative estimate of drug-likeness (QED) is 0.755. The van der Waals surface area contributed by atoms with Crippen LogP contribution in [0.2, 0.25) is 0 Å². The SMILES string of the molecule is CC1CC(=O)NN1c1ccc(S(=O)(=O)O)cc1. The molecule has 1 fully saturated rings. The number of carbonyl (C=O) groups is 1. The third kappa shape index (κ3) is 2.40. The van der Waals surface area contributed by atoms with Crippen LogP contribution < -0.4 is 10.4 Å². The Morgan fingerprint density at radius 1 is 1.35 bits per heavy atom. The van der Waals surface area contributed by atoms with E-state index in [-0.39, 0.29) is 16.8 Å². The molecule has 0 saturated carbocycles. The molecule has 2 N–H and O–H groups in total.